The molecule has 0 spiro atoms. The molecule has 1 aromatic carbocycles. The molecule has 1 N–H and O–H groups in total. The molecule has 0 saturated heterocycles. The molecular weight excluding hydrogens is 298 g/mol. The van der Waals surface area contributed by atoms with Crippen LogP contribution in [0, 0.1) is 5.41 Å². The minimum atomic E-state index is -0.0129. The van der Waals surface area contributed by atoms with Gasteiger partial charge in [-0.3, -0.25) is 0 Å². The van der Waals surface area contributed by atoms with E-state index in [0.29, 0.717) is 0 Å². The van der Waals surface area contributed by atoms with Crippen molar-refractivity contribution in [1.82, 2.24) is 5.32 Å². The lowest BCUT2D eigenvalue weighted by Gasteiger charge is -2.19. The molecule has 0 atom stereocenters. The molecule has 138 valence electrons. The molecular formula is C21H37NO2. The summed E-state index contributed by atoms with van der Waals surface area (Å²) in [5.74, 6) is 0.951. The van der Waals surface area contributed by atoms with Crippen molar-refractivity contribution in [2.45, 2.75) is 73.0 Å². The van der Waals surface area contributed by atoms with Crippen molar-refractivity contribution < 1.29 is 9.47 Å². The van der Waals surface area contributed by atoms with E-state index in [9.17, 15) is 0 Å². The molecule has 0 unspecified atom stereocenters. The molecule has 0 aliphatic carbocycles. The van der Waals surface area contributed by atoms with Gasteiger partial charge in [0.15, 0.2) is 0 Å². The third kappa shape index (κ3) is 11.5. The lowest BCUT2D eigenvalue weighted by atomic mass is 9.99. The number of hydrogen-bond donors (Lipinski definition) is 1. The van der Waals surface area contributed by atoms with Crippen LogP contribution >= 0.6 is 0 Å². The first-order chi connectivity index (χ1) is 11.2. The zero-order valence-corrected chi connectivity index (χ0v) is 16.6. The fourth-order valence-corrected chi connectivity index (χ4v) is 2.14. The van der Waals surface area contributed by atoms with E-state index in [2.05, 4.69) is 71.1 Å². The van der Waals surface area contributed by atoms with Gasteiger partial charge in [-0.1, -0.05) is 32.9 Å². The number of unbranched alkanes of at least 4 members (excludes halogenated alkanes) is 2. The molecule has 1 rings (SSSR count). The normalized spacial score (nSPS) is 12.4. The highest BCUT2D eigenvalue weighted by Crippen LogP contribution is 2.18. The smallest absolute Gasteiger partial charge is 0.119 e. The van der Waals surface area contributed by atoms with Gasteiger partial charge < -0.3 is 14.8 Å². The van der Waals surface area contributed by atoms with Crippen LogP contribution in [0.3, 0.4) is 0 Å². The molecule has 24 heavy (non-hydrogen) atoms. The highest BCUT2D eigenvalue weighted by Gasteiger charge is 2.11. The van der Waals surface area contributed by atoms with Gasteiger partial charge in [0, 0.05) is 13.2 Å². The van der Waals surface area contributed by atoms with Gasteiger partial charge >= 0.3 is 0 Å². The van der Waals surface area contributed by atoms with Gasteiger partial charge in [-0.25, -0.2) is 0 Å². The van der Waals surface area contributed by atoms with Crippen molar-refractivity contribution in [1.29, 1.82) is 0 Å². The van der Waals surface area contributed by atoms with Gasteiger partial charge in [0.2, 0.25) is 0 Å². The van der Waals surface area contributed by atoms with Crippen molar-refractivity contribution in [3.63, 3.8) is 0 Å². The zero-order chi connectivity index (χ0) is 18.1. The Balaban J connectivity index is 2.09. The Morgan fingerprint density at radius 2 is 1.54 bits per heavy atom. The van der Waals surface area contributed by atoms with Crippen molar-refractivity contribution >= 4 is 0 Å². The molecule has 0 bridgehead atoms. The molecule has 0 aliphatic rings. The van der Waals surface area contributed by atoms with Gasteiger partial charge in [0.1, 0.15) is 5.75 Å². The second kappa shape index (κ2) is 10.0. The molecule has 0 aromatic heterocycles. The fourth-order valence-electron chi connectivity index (χ4n) is 2.14. The molecule has 3 heteroatoms. The van der Waals surface area contributed by atoms with E-state index in [1.54, 1.807) is 0 Å². The van der Waals surface area contributed by atoms with E-state index in [4.69, 9.17) is 9.47 Å². The van der Waals surface area contributed by atoms with Gasteiger partial charge in [-0.05, 0) is 69.7 Å². The SMILES string of the molecule is CC(C)(C)COc1ccc(CNCCCCCOC(C)(C)C)cc1. The van der Waals surface area contributed by atoms with E-state index in [-0.39, 0.29) is 11.0 Å². The predicted octanol–water partition coefficient (Wildman–Crippen LogP) is 5.19. The summed E-state index contributed by atoms with van der Waals surface area (Å²) in [6.45, 7) is 16.4. The predicted molar refractivity (Wildman–Crippen MR) is 103 cm³/mol. The van der Waals surface area contributed by atoms with Crippen LogP contribution in [0.4, 0.5) is 0 Å². The van der Waals surface area contributed by atoms with E-state index >= 15 is 0 Å². The molecule has 0 fully saturated rings. The Morgan fingerprint density at radius 1 is 0.875 bits per heavy atom. The fraction of sp³-hybridized carbons (Fsp3) is 0.714. The minimum absolute atomic E-state index is 0.0129. The summed E-state index contributed by atoms with van der Waals surface area (Å²) in [6.07, 6.45) is 3.54. The Bertz CT molecular complexity index is 440. The molecule has 1 aromatic rings. The van der Waals surface area contributed by atoms with Crippen molar-refractivity contribution in [3.05, 3.63) is 29.8 Å². The summed E-state index contributed by atoms with van der Waals surface area (Å²) in [5.41, 5.74) is 1.48. The van der Waals surface area contributed by atoms with Gasteiger partial charge in [-0.15, -0.1) is 0 Å². The molecule has 0 aliphatic heterocycles. The van der Waals surface area contributed by atoms with E-state index in [0.717, 1.165) is 38.5 Å². The van der Waals surface area contributed by atoms with Gasteiger partial charge in [0.05, 0.1) is 12.2 Å². The van der Waals surface area contributed by atoms with Crippen molar-refractivity contribution in [3.8, 4) is 5.75 Å². The summed E-state index contributed by atoms with van der Waals surface area (Å²) in [4.78, 5) is 0. The summed E-state index contributed by atoms with van der Waals surface area (Å²) in [5, 5.41) is 3.50. The maximum atomic E-state index is 5.80. The first kappa shape index (κ1) is 21.0. The molecule has 0 amide bonds. The first-order valence-corrected chi connectivity index (χ1v) is 9.22. The number of rotatable bonds is 10. The van der Waals surface area contributed by atoms with Crippen LogP contribution in [0.1, 0.15) is 66.4 Å². The Labute approximate surface area is 149 Å². The second-order valence-corrected chi connectivity index (χ2v) is 8.69. The monoisotopic (exact) mass is 335 g/mol. The van der Waals surface area contributed by atoms with Crippen LogP contribution in [-0.4, -0.2) is 25.4 Å². The lowest BCUT2D eigenvalue weighted by Crippen LogP contribution is -2.20. The topological polar surface area (TPSA) is 30.5 Å². The number of hydrogen-bond acceptors (Lipinski definition) is 3. The zero-order valence-electron chi connectivity index (χ0n) is 16.6. The maximum Gasteiger partial charge on any atom is 0.119 e. The Kier molecular flexibility index (Phi) is 8.79. The minimum Gasteiger partial charge on any atom is -0.493 e. The Morgan fingerprint density at radius 3 is 2.12 bits per heavy atom. The van der Waals surface area contributed by atoms with Crippen LogP contribution in [-0.2, 0) is 11.3 Å². The number of benzene rings is 1. The number of ether oxygens (including phenoxy) is 2. The van der Waals surface area contributed by atoms with E-state index < -0.39 is 0 Å². The van der Waals surface area contributed by atoms with Crippen LogP contribution in [0.15, 0.2) is 24.3 Å². The van der Waals surface area contributed by atoms with E-state index in [1.807, 2.05) is 0 Å². The van der Waals surface area contributed by atoms with Crippen molar-refractivity contribution in [2.24, 2.45) is 5.41 Å². The standard InChI is InChI=1S/C21H37NO2/c1-20(2,3)17-23-19-12-10-18(11-13-19)16-22-14-8-7-9-15-24-21(4,5)6/h10-13,22H,7-9,14-17H2,1-6H3. The third-order valence-electron chi connectivity index (χ3n) is 3.46. The van der Waals surface area contributed by atoms with Gasteiger partial charge in [-0.2, -0.15) is 0 Å². The molecule has 0 heterocycles. The first-order valence-electron chi connectivity index (χ1n) is 9.22. The summed E-state index contributed by atoms with van der Waals surface area (Å²) in [6, 6.07) is 8.41. The largest absolute Gasteiger partial charge is 0.493 e. The number of nitrogens with one attached hydrogen (secondary N) is 1. The summed E-state index contributed by atoms with van der Waals surface area (Å²) < 4.78 is 11.5. The average Bonchev–Trinajstić information content (AvgIpc) is 2.47. The molecule has 0 radical (unpaired) electrons. The summed E-state index contributed by atoms with van der Waals surface area (Å²) in [7, 11) is 0. The van der Waals surface area contributed by atoms with Crippen LogP contribution < -0.4 is 10.1 Å². The second-order valence-electron chi connectivity index (χ2n) is 8.69. The van der Waals surface area contributed by atoms with E-state index in [1.165, 1.54) is 18.4 Å². The molecule has 0 saturated carbocycles. The van der Waals surface area contributed by atoms with Crippen LogP contribution in [0.5, 0.6) is 5.75 Å². The highest BCUT2D eigenvalue weighted by molar-refractivity contribution is 5.27. The highest BCUT2D eigenvalue weighted by atomic mass is 16.5. The van der Waals surface area contributed by atoms with Gasteiger partial charge in [0.25, 0.3) is 0 Å². The Hall–Kier alpha value is -1.06. The van der Waals surface area contributed by atoms with Crippen molar-refractivity contribution in [2.75, 3.05) is 19.8 Å². The summed E-state index contributed by atoms with van der Waals surface area (Å²) >= 11 is 0. The third-order valence-corrected chi connectivity index (χ3v) is 3.46. The van der Waals surface area contributed by atoms with Crippen LogP contribution in [0.25, 0.3) is 0 Å². The maximum absolute atomic E-state index is 5.80. The lowest BCUT2D eigenvalue weighted by molar-refractivity contribution is -0.00469. The average molecular weight is 336 g/mol. The molecule has 3 nitrogen and oxygen atoms in total. The van der Waals surface area contributed by atoms with Crippen LogP contribution in [0.2, 0.25) is 0 Å². The quantitative estimate of drug-likeness (QED) is 0.597.